The maximum absolute atomic E-state index is 12.0. The van der Waals surface area contributed by atoms with E-state index in [2.05, 4.69) is 17.1 Å². The molecule has 19 heavy (non-hydrogen) atoms. The van der Waals surface area contributed by atoms with Crippen molar-refractivity contribution in [2.45, 2.75) is 38.1 Å². The first-order valence-corrected chi connectivity index (χ1v) is 7.20. The molecule has 6 nitrogen and oxygen atoms in total. The van der Waals surface area contributed by atoms with Crippen molar-refractivity contribution in [1.82, 2.24) is 10.2 Å². The fourth-order valence-corrected chi connectivity index (χ4v) is 2.59. The third kappa shape index (κ3) is 4.14. The molecule has 2 aliphatic heterocycles. The third-order valence-corrected chi connectivity index (χ3v) is 3.84. The number of rotatable bonds is 5. The minimum Gasteiger partial charge on any atom is -0.374 e. The van der Waals surface area contributed by atoms with Crippen molar-refractivity contribution in [3.63, 3.8) is 0 Å². The zero-order valence-corrected chi connectivity index (χ0v) is 11.6. The van der Waals surface area contributed by atoms with Crippen LogP contribution in [0.2, 0.25) is 0 Å². The molecule has 0 spiro atoms. The number of carbonyl (C=O) groups excluding carboxylic acids is 1. The molecular formula is C13H25N3O3. The largest absolute Gasteiger partial charge is 0.374 e. The summed E-state index contributed by atoms with van der Waals surface area (Å²) in [6, 6.07) is 0. The number of nitrogens with one attached hydrogen (secondary N) is 1. The van der Waals surface area contributed by atoms with Crippen LogP contribution in [0, 0.1) is 0 Å². The first kappa shape index (κ1) is 14.7. The van der Waals surface area contributed by atoms with Gasteiger partial charge >= 0.3 is 0 Å². The number of amides is 1. The van der Waals surface area contributed by atoms with Gasteiger partial charge in [0.2, 0.25) is 5.91 Å². The Morgan fingerprint density at radius 1 is 1.42 bits per heavy atom. The van der Waals surface area contributed by atoms with Gasteiger partial charge in [-0.15, -0.1) is 0 Å². The number of carbonyl (C=O) groups is 1. The number of hydrogen-bond acceptors (Lipinski definition) is 5. The van der Waals surface area contributed by atoms with E-state index in [-0.39, 0.29) is 24.2 Å². The Labute approximate surface area is 114 Å². The van der Waals surface area contributed by atoms with Crippen molar-refractivity contribution >= 4 is 5.91 Å². The standard InChI is InChI=1S/C13H25N3O3/c1-2-16-5-6-18-11(9-16)8-15-13(17)12-4-3-10(7-14)19-12/h10-12H,2-9,14H2,1H3,(H,15,17). The van der Waals surface area contributed by atoms with Gasteiger partial charge in [-0.2, -0.15) is 0 Å². The van der Waals surface area contributed by atoms with Gasteiger partial charge in [0.15, 0.2) is 0 Å². The molecule has 0 saturated carbocycles. The fraction of sp³-hybridized carbons (Fsp3) is 0.923. The molecule has 2 fully saturated rings. The maximum atomic E-state index is 12.0. The van der Waals surface area contributed by atoms with Gasteiger partial charge in [-0.25, -0.2) is 0 Å². The van der Waals surface area contributed by atoms with Crippen LogP contribution in [0.25, 0.3) is 0 Å². The topological polar surface area (TPSA) is 76.8 Å². The molecule has 0 bridgehead atoms. The SMILES string of the molecule is CCN1CCOC(CNC(=O)C2CCC(CN)O2)C1. The molecule has 0 aliphatic carbocycles. The smallest absolute Gasteiger partial charge is 0.249 e. The van der Waals surface area contributed by atoms with E-state index in [9.17, 15) is 4.79 Å². The van der Waals surface area contributed by atoms with Gasteiger partial charge in [0.1, 0.15) is 6.10 Å². The molecule has 2 rings (SSSR count). The second kappa shape index (κ2) is 7.19. The van der Waals surface area contributed by atoms with Crippen LogP contribution < -0.4 is 11.1 Å². The van der Waals surface area contributed by atoms with Crippen molar-refractivity contribution in [1.29, 1.82) is 0 Å². The summed E-state index contributed by atoms with van der Waals surface area (Å²) in [5, 5.41) is 2.93. The highest BCUT2D eigenvalue weighted by Crippen LogP contribution is 2.18. The first-order chi connectivity index (χ1) is 9.22. The van der Waals surface area contributed by atoms with E-state index in [4.69, 9.17) is 15.2 Å². The van der Waals surface area contributed by atoms with E-state index in [0.29, 0.717) is 13.1 Å². The highest BCUT2D eigenvalue weighted by Gasteiger charge is 2.30. The van der Waals surface area contributed by atoms with E-state index < -0.39 is 0 Å². The van der Waals surface area contributed by atoms with Crippen molar-refractivity contribution in [2.24, 2.45) is 5.73 Å². The Hall–Kier alpha value is -0.690. The second-order valence-electron chi connectivity index (χ2n) is 5.19. The summed E-state index contributed by atoms with van der Waals surface area (Å²) in [7, 11) is 0. The molecule has 0 aromatic heterocycles. The van der Waals surface area contributed by atoms with Gasteiger partial charge < -0.3 is 20.5 Å². The van der Waals surface area contributed by atoms with E-state index in [0.717, 1.165) is 39.1 Å². The van der Waals surface area contributed by atoms with E-state index in [1.165, 1.54) is 0 Å². The quantitative estimate of drug-likeness (QED) is 0.693. The van der Waals surface area contributed by atoms with Crippen molar-refractivity contribution in [3.8, 4) is 0 Å². The molecule has 6 heteroatoms. The number of nitrogens with two attached hydrogens (primary N) is 1. The Balaban J connectivity index is 1.69. The van der Waals surface area contributed by atoms with Gasteiger partial charge in [-0.1, -0.05) is 6.92 Å². The molecule has 0 aromatic carbocycles. The molecule has 0 radical (unpaired) electrons. The summed E-state index contributed by atoms with van der Waals surface area (Å²) >= 11 is 0. The summed E-state index contributed by atoms with van der Waals surface area (Å²) in [5.74, 6) is -0.0341. The summed E-state index contributed by atoms with van der Waals surface area (Å²) in [6.45, 7) is 6.81. The van der Waals surface area contributed by atoms with Crippen molar-refractivity contribution in [2.75, 3.05) is 39.3 Å². The van der Waals surface area contributed by atoms with Crippen LogP contribution in [0.15, 0.2) is 0 Å². The van der Waals surface area contributed by atoms with Gasteiger partial charge in [0, 0.05) is 26.2 Å². The van der Waals surface area contributed by atoms with Gasteiger partial charge in [0.05, 0.1) is 18.8 Å². The van der Waals surface area contributed by atoms with Crippen LogP contribution >= 0.6 is 0 Å². The van der Waals surface area contributed by atoms with Crippen LogP contribution in [0.4, 0.5) is 0 Å². The molecule has 3 atom stereocenters. The average molecular weight is 271 g/mol. The van der Waals surface area contributed by atoms with Gasteiger partial charge in [-0.05, 0) is 19.4 Å². The summed E-state index contributed by atoms with van der Waals surface area (Å²) in [5.41, 5.74) is 5.54. The number of nitrogens with zero attached hydrogens (tertiary/aromatic N) is 1. The van der Waals surface area contributed by atoms with Crippen molar-refractivity contribution < 1.29 is 14.3 Å². The number of likely N-dealkylation sites (N-methyl/N-ethyl adjacent to an activating group) is 1. The van der Waals surface area contributed by atoms with Gasteiger partial charge in [0.25, 0.3) is 0 Å². The molecule has 2 saturated heterocycles. The Morgan fingerprint density at radius 2 is 2.26 bits per heavy atom. The first-order valence-electron chi connectivity index (χ1n) is 7.20. The normalized spacial score (nSPS) is 32.4. The van der Waals surface area contributed by atoms with E-state index in [1.807, 2.05) is 0 Å². The Kier molecular flexibility index (Phi) is 5.57. The molecule has 2 heterocycles. The summed E-state index contributed by atoms with van der Waals surface area (Å²) in [6.07, 6.45) is 1.43. The Morgan fingerprint density at radius 3 is 2.95 bits per heavy atom. The van der Waals surface area contributed by atoms with Crippen LogP contribution in [0.5, 0.6) is 0 Å². The molecule has 3 unspecified atom stereocenters. The second-order valence-corrected chi connectivity index (χ2v) is 5.19. The van der Waals surface area contributed by atoms with Crippen LogP contribution in [-0.2, 0) is 14.3 Å². The summed E-state index contributed by atoms with van der Waals surface area (Å²) < 4.78 is 11.2. The predicted octanol–water partition coefficient (Wildman–Crippen LogP) is -0.670. The number of hydrogen-bond donors (Lipinski definition) is 2. The maximum Gasteiger partial charge on any atom is 0.249 e. The Bertz CT molecular complexity index is 301. The van der Waals surface area contributed by atoms with E-state index >= 15 is 0 Å². The van der Waals surface area contributed by atoms with Crippen molar-refractivity contribution in [3.05, 3.63) is 0 Å². The summed E-state index contributed by atoms with van der Waals surface area (Å²) in [4.78, 5) is 14.3. The van der Waals surface area contributed by atoms with Crippen LogP contribution in [-0.4, -0.2) is 68.4 Å². The lowest BCUT2D eigenvalue weighted by Crippen LogP contribution is -2.48. The van der Waals surface area contributed by atoms with Gasteiger partial charge in [-0.3, -0.25) is 9.69 Å². The molecule has 110 valence electrons. The molecular weight excluding hydrogens is 246 g/mol. The minimum atomic E-state index is -0.334. The molecule has 1 amide bonds. The fourth-order valence-electron chi connectivity index (χ4n) is 2.59. The third-order valence-electron chi connectivity index (χ3n) is 3.84. The van der Waals surface area contributed by atoms with E-state index in [1.54, 1.807) is 0 Å². The molecule has 3 N–H and O–H groups in total. The highest BCUT2D eigenvalue weighted by molar-refractivity contribution is 5.81. The number of morpholine rings is 1. The lowest BCUT2D eigenvalue weighted by molar-refractivity contribution is -0.133. The zero-order chi connectivity index (χ0) is 13.7. The molecule has 0 aromatic rings. The molecule has 2 aliphatic rings. The monoisotopic (exact) mass is 271 g/mol. The average Bonchev–Trinajstić information content (AvgIpc) is 2.94. The van der Waals surface area contributed by atoms with Crippen LogP contribution in [0.1, 0.15) is 19.8 Å². The zero-order valence-electron chi connectivity index (χ0n) is 11.6. The highest BCUT2D eigenvalue weighted by atomic mass is 16.5. The lowest BCUT2D eigenvalue weighted by atomic mass is 10.2. The minimum absolute atomic E-state index is 0.0341. The lowest BCUT2D eigenvalue weighted by Gasteiger charge is -2.32. The predicted molar refractivity (Wildman–Crippen MR) is 71.8 cm³/mol. The number of ether oxygens (including phenoxy) is 2. The van der Waals surface area contributed by atoms with Crippen LogP contribution in [0.3, 0.4) is 0 Å².